The van der Waals surface area contributed by atoms with Crippen molar-refractivity contribution >= 4 is 12.1 Å². The molecule has 7 nitrogen and oxygen atoms in total. The smallest absolute Gasteiger partial charge is 0.207 e. The monoisotopic (exact) mass is 492 g/mol. The van der Waals surface area contributed by atoms with E-state index in [1.807, 2.05) is 37.8 Å². The number of aromatic nitrogens is 3. The van der Waals surface area contributed by atoms with E-state index in [2.05, 4.69) is 52.6 Å². The predicted molar refractivity (Wildman–Crippen MR) is 142 cm³/mol. The molecule has 1 aliphatic carbocycles. The lowest BCUT2D eigenvalue weighted by atomic mass is 9.79. The second kappa shape index (κ2) is 10.8. The fourth-order valence-corrected chi connectivity index (χ4v) is 4.73. The molecule has 1 saturated carbocycles. The summed E-state index contributed by atoms with van der Waals surface area (Å²) in [5, 5.41) is 10.9. The average Bonchev–Trinajstić information content (AvgIpc) is 3.51. The fraction of sp³-hybridized carbons (Fsp3) is 0.464. The van der Waals surface area contributed by atoms with Crippen LogP contribution in [-0.4, -0.2) is 58.3 Å². The average molecular weight is 493 g/mol. The SMILES string of the molecule is Cc1cc(-n2cc(-c3cncc(NC4CCN(C)CC4(C)C)c3)cn2)c(C)cc1F.O=CNC1CC1. The summed E-state index contributed by atoms with van der Waals surface area (Å²) in [5.74, 6) is -0.191. The van der Waals surface area contributed by atoms with Crippen LogP contribution in [0.4, 0.5) is 10.1 Å². The number of nitrogens with zero attached hydrogens (tertiary/aromatic N) is 4. The van der Waals surface area contributed by atoms with Gasteiger partial charge in [-0.25, -0.2) is 9.07 Å². The summed E-state index contributed by atoms with van der Waals surface area (Å²) < 4.78 is 15.6. The molecule has 1 aromatic carbocycles. The van der Waals surface area contributed by atoms with Crippen LogP contribution < -0.4 is 10.6 Å². The van der Waals surface area contributed by atoms with Gasteiger partial charge in [0.15, 0.2) is 0 Å². The van der Waals surface area contributed by atoms with Crippen LogP contribution >= 0.6 is 0 Å². The van der Waals surface area contributed by atoms with Crippen LogP contribution in [0.3, 0.4) is 0 Å². The number of nitrogens with one attached hydrogen (secondary N) is 2. The largest absolute Gasteiger partial charge is 0.380 e. The molecule has 1 saturated heterocycles. The lowest BCUT2D eigenvalue weighted by Crippen LogP contribution is -2.50. The highest BCUT2D eigenvalue weighted by molar-refractivity contribution is 5.66. The van der Waals surface area contributed by atoms with Crippen molar-refractivity contribution in [2.45, 2.75) is 59.0 Å². The van der Waals surface area contributed by atoms with E-state index < -0.39 is 0 Å². The first-order valence-electron chi connectivity index (χ1n) is 12.6. The Labute approximate surface area is 213 Å². The molecule has 8 heteroatoms. The number of hydrogen-bond acceptors (Lipinski definition) is 5. The van der Waals surface area contributed by atoms with Crippen molar-refractivity contribution in [2.24, 2.45) is 5.41 Å². The quantitative estimate of drug-likeness (QED) is 0.487. The van der Waals surface area contributed by atoms with E-state index >= 15 is 0 Å². The number of anilines is 1. The Bertz CT molecular complexity index is 1200. The number of carbonyl (C=O) groups excluding carboxylic acids is 1. The maximum absolute atomic E-state index is 13.8. The van der Waals surface area contributed by atoms with Gasteiger partial charge in [-0.3, -0.25) is 9.78 Å². The number of halogens is 1. The van der Waals surface area contributed by atoms with Gasteiger partial charge in [-0.15, -0.1) is 0 Å². The number of rotatable bonds is 6. The minimum absolute atomic E-state index is 0.186. The second-order valence-corrected chi connectivity index (χ2v) is 10.8. The van der Waals surface area contributed by atoms with Crippen LogP contribution in [0.2, 0.25) is 0 Å². The van der Waals surface area contributed by atoms with Crippen LogP contribution in [-0.2, 0) is 4.79 Å². The van der Waals surface area contributed by atoms with Crippen molar-refractivity contribution in [1.29, 1.82) is 0 Å². The van der Waals surface area contributed by atoms with Crippen molar-refractivity contribution in [3.05, 3.63) is 59.9 Å². The first kappa shape index (κ1) is 25.8. The summed E-state index contributed by atoms with van der Waals surface area (Å²) in [6.07, 6.45) is 11.8. The molecule has 2 aromatic heterocycles. The van der Waals surface area contributed by atoms with Crippen LogP contribution in [0.5, 0.6) is 0 Å². The number of aryl methyl sites for hydroxylation is 2. The van der Waals surface area contributed by atoms with Gasteiger partial charge in [0.1, 0.15) is 5.82 Å². The van der Waals surface area contributed by atoms with Crippen molar-refractivity contribution in [3.8, 4) is 16.8 Å². The zero-order valence-electron chi connectivity index (χ0n) is 21.9. The summed E-state index contributed by atoms with van der Waals surface area (Å²) >= 11 is 0. The molecule has 0 radical (unpaired) electrons. The Hall–Kier alpha value is -3.26. The molecule has 2 N–H and O–H groups in total. The van der Waals surface area contributed by atoms with Crippen LogP contribution in [0.25, 0.3) is 16.8 Å². The summed E-state index contributed by atoms with van der Waals surface area (Å²) in [6, 6.07) is 6.45. The Morgan fingerprint density at radius 3 is 2.50 bits per heavy atom. The second-order valence-electron chi connectivity index (χ2n) is 10.8. The van der Waals surface area contributed by atoms with Crippen LogP contribution in [0.1, 0.15) is 44.2 Å². The van der Waals surface area contributed by atoms with Crippen molar-refractivity contribution in [2.75, 3.05) is 25.5 Å². The first-order valence-corrected chi connectivity index (χ1v) is 12.6. The summed E-state index contributed by atoms with van der Waals surface area (Å²) in [5.41, 5.74) is 5.55. The Balaban J connectivity index is 0.000000445. The minimum Gasteiger partial charge on any atom is -0.380 e. The van der Waals surface area contributed by atoms with Crippen molar-refractivity contribution in [3.63, 3.8) is 0 Å². The molecule has 1 aliphatic heterocycles. The van der Waals surface area contributed by atoms with Crippen molar-refractivity contribution in [1.82, 2.24) is 25.0 Å². The highest BCUT2D eigenvalue weighted by Gasteiger charge is 2.34. The van der Waals surface area contributed by atoms with E-state index in [4.69, 9.17) is 0 Å². The van der Waals surface area contributed by atoms with Gasteiger partial charge >= 0.3 is 0 Å². The molecule has 192 valence electrons. The molecule has 5 rings (SSSR count). The number of pyridine rings is 1. The van der Waals surface area contributed by atoms with E-state index in [0.29, 0.717) is 17.6 Å². The molecule has 3 aromatic rings. The van der Waals surface area contributed by atoms with Crippen LogP contribution in [0, 0.1) is 25.1 Å². The molecular formula is C28H37FN6O. The Morgan fingerprint density at radius 1 is 1.06 bits per heavy atom. The molecule has 0 spiro atoms. The van der Waals surface area contributed by atoms with Gasteiger partial charge in [-0.2, -0.15) is 5.10 Å². The highest BCUT2D eigenvalue weighted by atomic mass is 19.1. The van der Waals surface area contributed by atoms with Gasteiger partial charge < -0.3 is 15.5 Å². The molecular weight excluding hydrogens is 455 g/mol. The third kappa shape index (κ3) is 6.29. The van der Waals surface area contributed by atoms with E-state index in [9.17, 15) is 9.18 Å². The van der Waals surface area contributed by atoms with Crippen molar-refractivity contribution < 1.29 is 9.18 Å². The lowest BCUT2D eigenvalue weighted by Gasteiger charge is -2.43. The number of benzene rings is 1. The minimum atomic E-state index is -0.191. The lowest BCUT2D eigenvalue weighted by molar-refractivity contribution is -0.109. The molecule has 2 aliphatic rings. The Kier molecular flexibility index (Phi) is 7.73. The van der Waals surface area contributed by atoms with Gasteiger partial charge in [-0.1, -0.05) is 13.8 Å². The molecule has 3 heterocycles. The van der Waals surface area contributed by atoms with E-state index in [-0.39, 0.29) is 11.2 Å². The number of amides is 1. The standard InChI is InChI=1S/C24H30FN5.C4H7NO/c1-16-9-22(17(2)8-21(16)25)30-14-19(12-27-30)18-10-20(13-26-11-18)28-23-6-7-29(5)15-24(23,3)4;6-3-5-4-1-2-4/h8-14,23,28H,6-7,15H2,1-5H3;3-4H,1-2H2,(H,5,6). The van der Waals surface area contributed by atoms with E-state index in [1.54, 1.807) is 17.7 Å². The molecule has 1 atom stereocenters. The maximum Gasteiger partial charge on any atom is 0.207 e. The Morgan fingerprint density at radius 2 is 1.83 bits per heavy atom. The van der Waals surface area contributed by atoms with Gasteiger partial charge in [0, 0.05) is 48.3 Å². The van der Waals surface area contributed by atoms with Crippen LogP contribution in [0.15, 0.2) is 43.0 Å². The molecule has 36 heavy (non-hydrogen) atoms. The molecule has 0 bridgehead atoms. The fourth-order valence-electron chi connectivity index (χ4n) is 4.73. The third-order valence-corrected chi connectivity index (χ3v) is 7.02. The predicted octanol–water partition coefficient (Wildman–Crippen LogP) is 4.73. The molecule has 1 amide bonds. The first-order chi connectivity index (χ1) is 17.2. The zero-order valence-corrected chi connectivity index (χ0v) is 21.9. The maximum atomic E-state index is 13.8. The third-order valence-electron chi connectivity index (χ3n) is 7.02. The van der Waals surface area contributed by atoms with Gasteiger partial charge in [0.25, 0.3) is 0 Å². The van der Waals surface area contributed by atoms with Gasteiger partial charge in [0.05, 0.1) is 17.6 Å². The number of hydrogen-bond donors (Lipinski definition) is 2. The van der Waals surface area contributed by atoms with E-state index in [0.717, 1.165) is 54.0 Å². The van der Waals surface area contributed by atoms with E-state index in [1.165, 1.54) is 12.8 Å². The number of likely N-dealkylation sites (tertiary alicyclic amines) is 1. The normalized spacial score (nSPS) is 19.2. The summed E-state index contributed by atoms with van der Waals surface area (Å²) in [7, 11) is 2.18. The number of carbonyl (C=O) groups is 1. The zero-order chi connectivity index (χ0) is 25.9. The highest BCUT2D eigenvalue weighted by Crippen LogP contribution is 2.32. The number of piperidine rings is 1. The van der Waals surface area contributed by atoms with Gasteiger partial charge in [0.2, 0.25) is 6.41 Å². The topological polar surface area (TPSA) is 75.1 Å². The summed E-state index contributed by atoms with van der Waals surface area (Å²) in [6.45, 7) is 10.5. The molecule has 2 fully saturated rings. The van der Waals surface area contributed by atoms with Gasteiger partial charge in [-0.05, 0) is 81.4 Å². The molecule has 1 unspecified atom stereocenters. The summed E-state index contributed by atoms with van der Waals surface area (Å²) in [4.78, 5) is 16.4.